The summed E-state index contributed by atoms with van der Waals surface area (Å²) in [6.45, 7) is 9.44. The van der Waals surface area contributed by atoms with Gasteiger partial charge >= 0.3 is 0 Å². The minimum atomic E-state index is 0. The van der Waals surface area contributed by atoms with Crippen LogP contribution >= 0.6 is 24.0 Å². The molecule has 1 aromatic heterocycles. The topological polar surface area (TPSA) is 85.6 Å². The normalized spacial score (nSPS) is 18.2. The molecule has 0 radical (unpaired) electrons. The molecule has 8 nitrogen and oxygen atoms in total. The number of rotatable bonds is 8. The molecule has 3 heterocycles. The number of hydrogen-bond donors (Lipinski definition) is 2. The van der Waals surface area contributed by atoms with Crippen LogP contribution in [0.15, 0.2) is 23.2 Å². The third kappa shape index (κ3) is 7.30. The fraction of sp³-hybridized carbons (Fsp3) is 0.625. The quantitative estimate of drug-likeness (QED) is 0.288. The number of guanidine groups is 1. The molecule has 0 aliphatic carbocycles. The van der Waals surface area contributed by atoms with Gasteiger partial charge in [-0.1, -0.05) is 18.6 Å². The van der Waals surface area contributed by atoms with E-state index in [2.05, 4.69) is 57.4 Å². The van der Waals surface area contributed by atoms with Gasteiger partial charge in [0.15, 0.2) is 11.8 Å². The van der Waals surface area contributed by atoms with Crippen LogP contribution in [-0.2, 0) is 30.8 Å². The average Bonchev–Trinajstić information content (AvgIpc) is 3.39. The Balaban J connectivity index is 0.00000306. The van der Waals surface area contributed by atoms with Gasteiger partial charge in [0.2, 0.25) is 0 Å². The number of hydrogen-bond acceptors (Lipinski definition) is 5. The van der Waals surface area contributed by atoms with E-state index in [1.807, 2.05) is 0 Å². The maximum atomic E-state index is 6.18. The lowest BCUT2D eigenvalue weighted by Crippen LogP contribution is -2.37. The molecule has 0 bridgehead atoms. The monoisotopic (exact) mass is 568 g/mol. The largest absolute Gasteiger partial charge is 0.493 e. The van der Waals surface area contributed by atoms with Crippen LogP contribution in [0.4, 0.5) is 0 Å². The Morgan fingerprint density at radius 2 is 2.15 bits per heavy atom. The van der Waals surface area contributed by atoms with Crippen molar-refractivity contribution in [1.82, 2.24) is 25.4 Å². The number of benzene rings is 1. The second-order valence-corrected chi connectivity index (χ2v) is 8.70. The molecule has 2 aliphatic rings. The van der Waals surface area contributed by atoms with Crippen LogP contribution in [0.1, 0.15) is 55.4 Å². The minimum Gasteiger partial charge on any atom is -0.493 e. The molecule has 1 fully saturated rings. The van der Waals surface area contributed by atoms with Crippen molar-refractivity contribution in [1.29, 1.82) is 0 Å². The lowest BCUT2D eigenvalue weighted by Gasteiger charge is -2.15. The zero-order valence-electron chi connectivity index (χ0n) is 19.8. The second-order valence-electron chi connectivity index (χ2n) is 8.70. The molecular formula is C24H37IN6O2. The lowest BCUT2D eigenvalue weighted by atomic mass is 10.1. The molecule has 1 aromatic carbocycles. The summed E-state index contributed by atoms with van der Waals surface area (Å²) in [5, 5.41) is 15.6. The Labute approximate surface area is 214 Å². The molecule has 2 aliphatic heterocycles. The highest BCUT2D eigenvalue weighted by atomic mass is 127. The van der Waals surface area contributed by atoms with Gasteiger partial charge in [-0.05, 0) is 44.7 Å². The summed E-state index contributed by atoms with van der Waals surface area (Å²) >= 11 is 0. The third-order valence-corrected chi connectivity index (χ3v) is 6.07. The lowest BCUT2D eigenvalue weighted by molar-refractivity contribution is 0.166. The van der Waals surface area contributed by atoms with Crippen molar-refractivity contribution in [3.05, 3.63) is 41.0 Å². The molecule has 9 heteroatoms. The molecule has 1 unspecified atom stereocenters. The molecule has 4 rings (SSSR count). The van der Waals surface area contributed by atoms with Gasteiger partial charge in [-0.2, -0.15) is 0 Å². The molecule has 1 atom stereocenters. The van der Waals surface area contributed by atoms with E-state index in [4.69, 9.17) is 14.5 Å². The SMILES string of the molecule is CCNC(=NCc1ccc(C)cc1OCC1CCOC1)NCc1nnc2n1CCCCC2.I. The molecule has 2 aromatic rings. The molecule has 0 amide bonds. The van der Waals surface area contributed by atoms with Crippen molar-refractivity contribution >= 4 is 29.9 Å². The van der Waals surface area contributed by atoms with Gasteiger partial charge in [-0.25, -0.2) is 4.99 Å². The van der Waals surface area contributed by atoms with Gasteiger partial charge in [0.05, 0.1) is 26.3 Å². The average molecular weight is 569 g/mol. The highest BCUT2D eigenvalue weighted by Gasteiger charge is 2.17. The number of ether oxygens (including phenoxy) is 2. The summed E-state index contributed by atoms with van der Waals surface area (Å²) < 4.78 is 13.9. The van der Waals surface area contributed by atoms with Crippen molar-refractivity contribution < 1.29 is 9.47 Å². The summed E-state index contributed by atoms with van der Waals surface area (Å²) in [7, 11) is 0. The number of aryl methyl sites for hydroxylation is 2. The zero-order chi connectivity index (χ0) is 22.2. The van der Waals surface area contributed by atoms with E-state index < -0.39 is 0 Å². The van der Waals surface area contributed by atoms with E-state index in [1.54, 1.807) is 0 Å². The standard InChI is InChI=1S/C24H36N6O2.HI/c1-3-25-24(27-15-23-29-28-22-7-5-4-6-11-30(22)23)26-14-20-9-8-18(2)13-21(20)32-17-19-10-12-31-16-19;/h8-9,13,19H,3-7,10-12,14-17H2,1-2H3,(H2,25,26,27);1H. The Morgan fingerprint density at radius 1 is 1.24 bits per heavy atom. The van der Waals surface area contributed by atoms with Crippen molar-refractivity contribution in [3.8, 4) is 5.75 Å². The fourth-order valence-electron chi connectivity index (χ4n) is 4.19. The number of nitrogens with zero attached hydrogens (tertiary/aromatic N) is 4. The Hall–Kier alpha value is -1.88. The third-order valence-electron chi connectivity index (χ3n) is 6.07. The van der Waals surface area contributed by atoms with Crippen molar-refractivity contribution in [2.24, 2.45) is 10.9 Å². The first-order valence-electron chi connectivity index (χ1n) is 12.0. The predicted octanol–water partition coefficient (Wildman–Crippen LogP) is 3.60. The highest BCUT2D eigenvalue weighted by molar-refractivity contribution is 14.0. The van der Waals surface area contributed by atoms with E-state index in [1.165, 1.54) is 24.8 Å². The van der Waals surface area contributed by atoms with E-state index >= 15 is 0 Å². The number of fused-ring (bicyclic) bond motifs is 1. The minimum absolute atomic E-state index is 0. The number of aromatic nitrogens is 3. The molecule has 0 saturated carbocycles. The van der Waals surface area contributed by atoms with Gasteiger partial charge in [-0.3, -0.25) is 0 Å². The van der Waals surface area contributed by atoms with E-state index in [0.717, 1.165) is 68.1 Å². The molecular weight excluding hydrogens is 531 g/mol. The molecule has 33 heavy (non-hydrogen) atoms. The Kier molecular flexibility index (Phi) is 10.2. The van der Waals surface area contributed by atoms with Crippen LogP contribution in [0.25, 0.3) is 0 Å². The van der Waals surface area contributed by atoms with E-state index in [-0.39, 0.29) is 24.0 Å². The molecule has 182 valence electrons. The summed E-state index contributed by atoms with van der Waals surface area (Å²) in [5.41, 5.74) is 2.27. The van der Waals surface area contributed by atoms with E-state index in [0.29, 0.717) is 25.6 Å². The highest BCUT2D eigenvalue weighted by Crippen LogP contribution is 2.23. The van der Waals surface area contributed by atoms with Crippen molar-refractivity contribution in [2.75, 3.05) is 26.4 Å². The van der Waals surface area contributed by atoms with Gasteiger partial charge < -0.3 is 24.7 Å². The number of aliphatic imine (C=N–C) groups is 1. The molecule has 0 spiro atoms. The van der Waals surface area contributed by atoms with Gasteiger partial charge in [0.1, 0.15) is 11.6 Å². The van der Waals surface area contributed by atoms with Crippen LogP contribution in [0.2, 0.25) is 0 Å². The van der Waals surface area contributed by atoms with Crippen LogP contribution in [0.5, 0.6) is 5.75 Å². The van der Waals surface area contributed by atoms with Gasteiger partial charge in [-0.15, -0.1) is 34.2 Å². The number of halogens is 1. The van der Waals surface area contributed by atoms with Gasteiger partial charge in [0, 0.05) is 37.6 Å². The summed E-state index contributed by atoms with van der Waals surface area (Å²) in [6.07, 6.45) is 5.74. The number of nitrogens with one attached hydrogen (secondary N) is 2. The first kappa shape index (κ1) is 25.7. The van der Waals surface area contributed by atoms with Gasteiger partial charge in [0.25, 0.3) is 0 Å². The van der Waals surface area contributed by atoms with Crippen molar-refractivity contribution in [3.63, 3.8) is 0 Å². The zero-order valence-corrected chi connectivity index (χ0v) is 22.1. The Morgan fingerprint density at radius 3 is 2.97 bits per heavy atom. The van der Waals surface area contributed by atoms with Crippen molar-refractivity contribution in [2.45, 2.75) is 65.6 Å². The Bertz CT molecular complexity index is 910. The van der Waals surface area contributed by atoms with Crippen LogP contribution < -0.4 is 15.4 Å². The molecule has 2 N–H and O–H groups in total. The molecule has 1 saturated heterocycles. The van der Waals surface area contributed by atoms with E-state index in [9.17, 15) is 0 Å². The smallest absolute Gasteiger partial charge is 0.191 e. The maximum absolute atomic E-state index is 6.18. The van der Waals surface area contributed by atoms with Crippen LogP contribution in [0.3, 0.4) is 0 Å². The first-order chi connectivity index (χ1) is 15.7. The summed E-state index contributed by atoms with van der Waals surface area (Å²) in [4.78, 5) is 4.82. The second kappa shape index (κ2) is 13.1. The fourth-order valence-corrected chi connectivity index (χ4v) is 4.19. The summed E-state index contributed by atoms with van der Waals surface area (Å²) in [6, 6.07) is 6.33. The first-order valence-corrected chi connectivity index (χ1v) is 12.0. The maximum Gasteiger partial charge on any atom is 0.191 e. The van der Waals surface area contributed by atoms with Crippen LogP contribution in [-0.4, -0.2) is 47.1 Å². The summed E-state index contributed by atoms with van der Waals surface area (Å²) in [5.74, 6) is 4.25. The predicted molar refractivity (Wildman–Crippen MR) is 140 cm³/mol. The van der Waals surface area contributed by atoms with Crippen LogP contribution in [0, 0.1) is 12.8 Å².